The number of hydrogen-bond donors (Lipinski definition) is 1. The van der Waals surface area contributed by atoms with Gasteiger partial charge in [0.1, 0.15) is 11.5 Å². The summed E-state index contributed by atoms with van der Waals surface area (Å²) in [5.41, 5.74) is 2.94. The van der Waals surface area contributed by atoms with E-state index in [2.05, 4.69) is 22.2 Å². The topological polar surface area (TPSA) is 62.5 Å². The van der Waals surface area contributed by atoms with Gasteiger partial charge in [-0.3, -0.25) is 14.7 Å². The van der Waals surface area contributed by atoms with Crippen molar-refractivity contribution >= 4 is 28.1 Å². The number of hydrogen-bond acceptors (Lipinski definition) is 4. The summed E-state index contributed by atoms with van der Waals surface area (Å²) in [4.78, 5) is 23.8. The molecule has 6 nitrogen and oxygen atoms in total. The van der Waals surface area contributed by atoms with E-state index in [9.17, 15) is 9.18 Å². The molecule has 1 aliphatic rings. The number of carbonyl (C=O) groups excluding carboxylic acids is 1. The molecular formula is C22H20FN5O. The molecule has 7 heteroatoms. The van der Waals surface area contributed by atoms with Crippen LogP contribution in [0.25, 0.3) is 16.6 Å². The number of aromatic nitrogens is 3. The van der Waals surface area contributed by atoms with Gasteiger partial charge in [-0.1, -0.05) is 6.07 Å². The molecule has 1 amide bonds. The van der Waals surface area contributed by atoms with E-state index in [-0.39, 0.29) is 5.56 Å². The van der Waals surface area contributed by atoms with Gasteiger partial charge in [-0.25, -0.2) is 9.37 Å². The van der Waals surface area contributed by atoms with Crippen LogP contribution in [0.3, 0.4) is 0 Å². The normalized spacial score (nSPS) is 17.2. The van der Waals surface area contributed by atoms with Crippen LogP contribution in [0.1, 0.15) is 34.9 Å². The van der Waals surface area contributed by atoms with Gasteiger partial charge < -0.3 is 9.72 Å². The summed E-state index contributed by atoms with van der Waals surface area (Å²) in [6, 6.07) is 10.3. The van der Waals surface area contributed by atoms with Crippen LogP contribution in [0, 0.1) is 5.82 Å². The molecule has 4 heterocycles. The number of nitrogens with one attached hydrogen (secondary N) is 1. The summed E-state index contributed by atoms with van der Waals surface area (Å²) in [5, 5.41) is 3.50. The number of anilines is 1. The van der Waals surface area contributed by atoms with Gasteiger partial charge in [-0.15, -0.1) is 0 Å². The zero-order chi connectivity index (χ0) is 20.0. The first-order valence-corrected chi connectivity index (χ1v) is 9.63. The number of likely N-dealkylation sites (tertiary alicyclic amines) is 1. The van der Waals surface area contributed by atoms with Crippen molar-refractivity contribution < 1.29 is 9.18 Å². The van der Waals surface area contributed by atoms with Crippen LogP contribution in [0.4, 0.5) is 10.1 Å². The Kier molecular flexibility index (Phi) is 4.24. The van der Waals surface area contributed by atoms with E-state index in [0.29, 0.717) is 17.2 Å². The minimum atomic E-state index is -0.594. The number of nitrogens with zero attached hydrogens (tertiary/aromatic N) is 4. The maximum Gasteiger partial charge on any atom is 0.258 e. The molecule has 0 unspecified atom stereocenters. The molecule has 1 N–H and O–H groups in total. The minimum Gasteiger partial charge on any atom is -0.321 e. The van der Waals surface area contributed by atoms with Crippen molar-refractivity contribution in [3.05, 3.63) is 72.1 Å². The summed E-state index contributed by atoms with van der Waals surface area (Å²) in [5.74, 6) is -1.09. The molecule has 0 bridgehead atoms. The molecule has 29 heavy (non-hydrogen) atoms. The average molecular weight is 389 g/mol. The Morgan fingerprint density at radius 3 is 2.97 bits per heavy atom. The quantitative estimate of drug-likeness (QED) is 0.574. The Morgan fingerprint density at radius 2 is 2.14 bits per heavy atom. The van der Waals surface area contributed by atoms with Crippen molar-refractivity contribution in [2.24, 2.45) is 0 Å². The highest BCUT2D eigenvalue weighted by atomic mass is 19.1. The molecule has 1 saturated heterocycles. The van der Waals surface area contributed by atoms with Gasteiger partial charge in [0.2, 0.25) is 0 Å². The van der Waals surface area contributed by atoms with Gasteiger partial charge in [-0.05, 0) is 50.7 Å². The Balaban J connectivity index is 1.42. The monoisotopic (exact) mass is 389 g/mol. The van der Waals surface area contributed by atoms with Crippen molar-refractivity contribution in [3.63, 3.8) is 0 Å². The summed E-state index contributed by atoms with van der Waals surface area (Å²) in [6.45, 7) is 1.08. The van der Waals surface area contributed by atoms with E-state index < -0.39 is 11.7 Å². The van der Waals surface area contributed by atoms with E-state index in [1.807, 2.05) is 16.7 Å². The molecule has 1 atom stereocenters. The van der Waals surface area contributed by atoms with E-state index in [4.69, 9.17) is 4.98 Å². The van der Waals surface area contributed by atoms with Crippen molar-refractivity contribution in [2.45, 2.75) is 18.9 Å². The maximum absolute atomic E-state index is 14.4. The van der Waals surface area contributed by atoms with Crippen molar-refractivity contribution in [1.82, 2.24) is 19.3 Å². The Hall–Kier alpha value is -3.32. The zero-order valence-corrected chi connectivity index (χ0v) is 16.0. The summed E-state index contributed by atoms with van der Waals surface area (Å²) in [6.07, 6.45) is 7.67. The van der Waals surface area contributed by atoms with Crippen LogP contribution in [0.5, 0.6) is 0 Å². The van der Waals surface area contributed by atoms with Crippen LogP contribution in [-0.4, -0.2) is 38.8 Å². The fraction of sp³-hybridized carbons (Fsp3) is 0.227. The molecule has 0 spiro atoms. The van der Waals surface area contributed by atoms with E-state index in [1.54, 1.807) is 30.6 Å². The summed E-state index contributed by atoms with van der Waals surface area (Å²) < 4.78 is 16.3. The highest BCUT2D eigenvalue weighted by Crippen LogP contribution is 2.30. The van der Waals surface area contributed by atoms with Gasteiger partial charge in [0.25, 0.3) is 5.91 Å². The minimum absolute atomic E-state index is 0.00972. The smallest absolute Gasteiger partial charge is 0.258 e. The Labute approximate surface area is 167 Å². The van der Waals surface area contributed by atoms with Gasteiger partial charge in [0, 0.05) is 30.0 Å². The lowest BCUT2D eigenvalue weighted by molar-refractivity contribution is 0.102. The highest BCUT2D eigenvalue weighted by molar-refractivity contribution is 6.06. The molecule has 0 saturated carbocycles. The second kappa shape index (κ2) is 6.93. The molecule has 1 fully saturated rings. The molecule has 0 radical (unpaired) electrons. The van der Waals surface area contributed by atoms with Crippen molar-refractivity contribution in [2.75, 3.05) is 18.9 Å². The van der Waals surface area contributed by atoms with Crippen LogP contribution in [0.15, 0.2) is 55.0 Å². The van der Waals surface area contributed by atoms with Gasteiger partial charge in [0.15, 0.2) is 0 Å². The third-order valence-corrected chi connectivity index (χ3v) is 5.53. The predicted molar refractivity (Wildman–Crippen MR) is 109 cm³/mol. The molecule has 1 aliphatic heterocycles. The number of fused-ring (bicyclic) bond motifs is 2. The number of halogens is 1. The number of carbonyl (C=O) groups is 1. The zero-order valence-electron chi connectivity index (χ0n) is 16.0. The third-order valence-electron chi connectivity index (χ3n) is 5.53. The lowest BCUT2D eigenvalue weighted by Gasteiger charge is -2.16. The van der Waals surface area contributed by atoms with Gasteiger partial charge in [-0.2, -0.15) is 0 Å². The summed E-state index contributed by atoms with van der Waals surface area (Å²) in [7, 11) is 2.11. The first kappa shape index (κ1) is 17.8. The number of amides is 1. The van der Waals surface area contributed by atoms with Gasteiger partial charge >= 0.3 is 0 Å². The molecule has 146 valence electrons. The van der Waals surface area contributed by atoms with Crippen LogP contribution >= 0.6 is 0 Å². The van der Waals surface area contributed by atoms with E-state index >= 15 is 0 Å². The standard InChI is InChI=1S/C22H20FN5O/c1-27-9-3-5-20(27)19-13-28-12-15(6-7-21(28)26-19)25-22(29)16-10-14-4-2-8-24-18(14)11-17(16)23/h2,4,6-8,10-13,20H,3,5,9H2,1H3,(H,25,29)/t20-/m1/s1. The fourth-order valence-corrected chi connectivity index (χ4v) is 4.00. The first-order chi connectivity index (χ1) is 14.1. The van der Waals surface area contributed by atoms with Gasteiger partial charge in [0.05, 0.1) is 28.5 Å². The van der Waals surface area contributed by atoms with Crippen LogP contribution in [0.2, 0.25) is 0 Å². The van der Waals surface area contributed by atoms with Crippen LogP contribution < -0.4 is 5.32 Å². The average Bonchev–Trinajstić information content (AvgIpc) is 3.32. The second-order valence-corrected chi connectivity index (χ2v) is 7.47. The number of rotatable bonds is 3. The lowest BCUT2D eigenvalue weighted by Crippen LogP contribution is -2.17. The predicted octanol–water partition coefficient (Wildman–Crippen LogP) is 4.04. The lowest BCUT2D eigenvalue weighted by atomic mass is 10.1. The fourth-order valence-electron chi connectivity index (χ4n) is 4.00. The van der Waals surface area contributed by atoms with Crippen molar-refractivity contribution in [3.8, 4) is 0 Å². The van der Waals surface area contributed by atoms with Crippen LogP contribution in [-0.2, 0) is 0 Å². The Morgan fingerprint density at radius 1 is 1.24 bits per heavy atom. The SMILES string of the molecule is CN1CCC[C@@H]1c1cn2cc(NC(=O)c3cc4cccnc4cc3F)ccc2n1. The second-order valence-electron chi connectivity index (χ2n) is 7.47. The molecule has 4 aromatic rings. The number of imidazole rings is 1. The van der Waals surface area contributed by atoms with Crippen molar-refractivity contribution in [1.29, 1.82) is 0 Å². The molecule has 5 rings (SSSR count). The third kappa shape index (κ3) is 3.23. The highest BCUT2D eigenvalue weighted by Gasteiger charge is 2.25. The number of benzene rings is 1. The first-order valence-electron chi connectivity index (χ1n) is 9.63. The van der Waals surface area contributed by atoms with E-state index in [0.717, 1.165) is 29.7 Å². The molecular weight excluding hydrogens is 369 g/mol. The largest absolute Gasteiger partial charge is 0.321 e. The summed E-state index contributed by atoms with van der Waals surface area (Å²) >= 11 is 0. The number of pyridine rings is 2. The maximum atomic E-state index is 14.4. The Bertz CT molecular complexity index is 1230. The molecule has 1 aromatic carbocycles. The van der Waals surface area contributed by atoms with E-state index in [1.165, 1.54) is 18.6 Å². The molecule has 0 aliphatic carbocycles. The molecule has 3 aromatic heterocycles.